The fraction of sp³-hybridized carbons (Fsp3) is 0.571. The molecule has 0 aromatic heterocycles. The molecule has 3 N–H and O–H groups in total. The van der Waals surface area contributed by atoms with E-state index in [1.54, 1.807) is 5.32 Å². The first-order valence-corrected chi connectivity index (χ1v) is 7.14. The molecule has 0 aliphatic carbocycles. The van der Waals surface area contributed by atoms with Crippen molar-refractivity contribution in [1.29, 1.82) is 0 Å². The van der Waals surface area contributed by atoms with E-state index in [0.29, 0.717) is 6.08 Å². The van der Waals surface area contributed by atoms with Gasteiger partial charge in [-0.2, -0.15) is 16.8 Å². The highest BCUT2D eigenvalue weighted by Gasteiger charge is 2.48. The van der Waals surface area contributed by atoms with E-state index in [-0.39, 0.29) is 0 Å². The van der Waals surface area contributed by atoms with Crippen LogP contribution in [-0.4, -0.2) is 42.0 Å². The van der Waals surface area contributed by atoms with Crippen LogP contribution in [0.3, 0.4) is 0 Å². The Morgan fingerprint density at radius 2 is 1.71 bits per heavy atom. The van der Waals surface area contributed by atoms with Crippen molar-refractivity contribution >= 4 is 26.1 Å². The largest absolute Gasteiger partial charge is 0.333 e. The first-order valence-electron chi connectivity index (χ1n) is 4.20. The van der Waals surface area contributed by atoms with Crippen LogP contribution < -0.4 is 5.32 Å². The van der Waals surface area contributed by atoms with Gasteiger partial charge in [-0.3, -0.25) is 13.9 Å². The maximum atomic E-state index is 11.0. The molecule has 1 amide bonds. The molecule has 0 bridgehead atoms. The quantitative estimate of drug-likeness (QED) is 0.443. The van der Waals surface area contributed by atoms with Gasteiger partial charge in [0.15, 0.2) is 5.37 Å². The molecule has 10 heteroatoms. The lowest BCUT2D eigenvalue weighted by atomic mass is 10.2. The highest BCUT2D eigenvalue weighted by atomic mass is 32.2. The van der Waals surface area contributed by atoms with Gasteiger partial charge in [-0.25, -0.2) is 0 Å². The van der Waals surface area contributed by atoms with Crippen molar-refractivity contribution in [1.82, 2.24) is 5.32 Å². The SMILES string of the molecule is C=CC(=O)NC(C(C)(C)S(=O)(=O)O)S(=O)(=O)O. The van der Waals surface area contributed by atoms with Crippen LogP contribution in [0.2, 0.25) is 0 Å². The molecule has 0 aromatic carbocycles. The van der Waals surface area contributed by atoms with Gasteiger partial charge >= 0.3 is 0 Å². The van der Waals surface area contributed by atoms with Crippen LogP contribution >= 0.6 is 0 Å². The number of hydrogen-bond acceptors (Lipinski definition) is 5. The molecule has 0 saturated carbocycles. The average Bonchev–Trinajstić information content (AvgIpc) is 2.09. The van der Waals surface area contributed by atoms with Gasteiger partial charge in [-0.05, 0) is 19.9 Å². The van der Waals surface area contributed by atoms with E-state index in [2.05, 4.69) is 6.58 Å². The van der Waals surface area contributed by atoms with E-state index in [9.17, 15) is 21.6 Å². The van der Waals surface area contributed by atoms with Crippen molar-refractivity contribution in [3.8, 4) is 0 Å². The monoisotopic (exact) mass is 287 g/mol. The summed E-state index contributed by atoms with van der Waals surface area (Å²) >= 11 is 0. The van der Waals surface area contributed by atoms with Crippen LogP contribution in [0.25, 0.3) is 0 Å². The zero-order chi connectivity index (χ0) is 14.1. The van der Waals surface area contributed by atoms with Gasteiger partial charge in [-0.15, -0.1) is 0 Å². The molecule has 0 radical (unpaired) electrons. The zero-order valence-corrected chi connectivity index (χ0v) is 10.7. The first-order chi connectivity index (χ1) is 7.34. The van der Waals surface area contributed by atoms with Gasteiger partial charge in [0.25, 0.3) is 20.2 Å². The topological polar surface area (TPSA) is 138 Å². The van der Waals surface area contributed by atoms with Crippen LogP contribution in [0.1, 0.15) is 13.8 Å². The molecular weight excluding hydrogens is 274 g/mol. The van der Waals surface area contributed by atoms with Crippen molar-refractivity contribution in [2.45, 2.75) is 24.0 Å². The molecule has 1 unspecified atom stereocenters. The molecule has 0 aromatic rings. The Bertz CT molecular complexity index is 516. The summed E-state index contributed by atoms with van der Waals surface area (Å²) in [5.41, 5.74) is 0. The van der Waals surface area contributed by atoms with Crippen LogP contribution in [0.4, 0.5) is 0 Å². The second-order valence-electron chi connectivity index (χ2n) is 3.69. The summed E-state index contributed by atoms with van der Waals surface area (Å²) in [6, 6.07) is 0. The van der Waals surface area contributed by atoms with E-state index in [1.165, 1.54) is 0 Å². The molecule has 1 atom stereocenters. The highest BCUT2D eigenvalue weighted by molar-refractivity contribution is 7.91. The van der Waals surface area contributed by atoms with E-state index in [0.717, 1.165) is 13.8 Å². The molecule has 0 heterocycles. The molecule has 0 aliphatic heterocycles. The molecule has 0 saturated heterocycles. The summed E-state index contributed by atoms with van der Waals surface area (Å²) in [6.07, 6.45) is 0.693. The second kappa shape index (κ2) is 4.72. The fourth-order valence-corrected chi connectivity index (χ4v) is 2.97. The van der Waals surface area contributed by atoms with Crippen molar-refractivity contribution in [3.05, 3.63) is 12.7 Å². The Morgan fingerprint density at radius 1 is 1.29 bits per heavy atom. The van der Waals surface area contributed by atoms with Crippen molar-refractivity contribution in [2.24, 2.45) is 0 Å². The molecule has 0 fully saturated rings. The van der Waals surface area contributed by atoms with E-state index >= 15 is 0 Å². The lowest BCUT2D eigenvalue weighted by Crippen LogP contribution is -2.56. The van der Waals surface area contributed by atoms with E-state index < -0.39 is 36.3 Å². The van der Waals surface area contributed by atoms with Crippen LogP contribution in [0.5, 0.6) is 0 Å². The number of nitrogens with one attached hydrogen (secondary N) is 1. The highest BCUT2D eigenvalue weighted by Crippen LogP contribution is 2.23. The first kappa shape index (κ1) is 16.0. The number of hydrogen-bond donors (Lipinski definition) is 3. The lowest BCUT2D eigenvalue weighted by Gasteiger charge is -2.28. The number of carbonyl (C=O) groups excluding carboxylic acids is 1. The maximum Gasteiger partial charge on any atom is 0.287 e. The fourth-order valence-electron chi connectivity index (χ4n) is 0.930. The van der Waals surface area contributed by atoms with Crippen LogP contribution in [0, 0.1) is 0 Å². The molecule has 17 heavy (non-hydrogen) atoms. The van der Waals surface area contributed by atoms with Gasteiger partial charge in [0.1, 0.15) is 4.75 Å². The zero-order valence-electron chi connectivity index (χ0n) is 9.11. The predicted octanol–water partition coefficient (Wildman–Crippen LogP) is -0.831. The summed E-state index contributed by atoms with van der Waals surface area (Å²) in [7, 11) is -9.76. The minimum absolute atomic E-state index is 0.693. The smallest absolute Gasteiger partial charge is 0.287 e. The van der Waals surface area contributed by atoms with Crippen molar-refractivity contribution in [2.75, 3.05) is 0 Å². The Kier molecular flexibility index (Phi) is 4.45. The van der Waals surface area contributed by atoms with Crippen LogP contribution in [0.15, 0.2) is 12.7 Å². The summed E-state index contributed by atoms with van der Waals surface area (Å²) in [5, 5.41) is -0.493. The third-order valence-electron chi connectivity index (χ3n) is 2.05. The Morgan fingerprint density at radius 3 is 1.94 bits per heavy atom. The summed E-state index contributed by atoms with van der Waals surface area (Å²) in [5.74, 6) is -1.01. The Balaban J connectivity index is 5.67. The molecular formula is C7H13NO7S2. The molecule has 100 valence electrons. The number of rotatable bonds is 5. The summed E-state index contributed by atoms with van der Waals surface area (Å²) in [4.78, 5) is 11.0. The van der Waals surface area contributed by atoms with Gasteiger partial charge in [0.05, 0.1) is 0 Å². The number of amides is 1. The standard InChI is InChI=1S/C7H13NO7S2/c1-4-5(9)8-6(16(10,11)12)7(2,3)17(13,14)15/h4,6H,1H2,2-3H3,(H,8,9)(H,10,11,12)(H,13,14,15). The molecule has 0 spiro atoms. The number of carbonyl (C=O) groups is 1. The minimum Gasteiger partial charge on any atom is -0.333 e. The minimum atomic E-state index is -4.93. The van der Waals surface area contributed by atoms with E-state index in [4.69, 9.17) is 9.11 Å². The van der Waals surface area contributed by atoms with Gasteiger partial charge in [0.2, 0.25) is 5.91 Å². The van der Waals surface area contributed by atoms with Crippen molar-refractivity contribution in [3.63, 3.8) is 0 Å². The maximum absolute atomic E-state index is 11.0. The third-order valence-corrected chi connectivity index (χ3v) is 5.07. The van der Waals surface area contributed by atoms with Crippen LogP contribution in [-0.2, 0) is 25.0 Å². The predicted molar refractivity (Wildman–Crippen MR) is 59.3 cm³/mol. The van der Waals surface area contributed by atoms with Gasteiger partial charge < -0.3 is 5.32 Å². The molecule has 0 rings (SSSR count). The average molecular weight is 287 g/mol. The second-order valence-corrected chi connectivity index (χ2v) is 7.19. The third kappa shape index (κ3) is 3.77. The summed E-state index contributed by atoms with van der Waals surface area (Å²) in [6.45, 7) is 4.71. The summed E-state index contributed by atoms with van der Waals surface area (Å²) < 4.78 is 59.5. The Hall–Kier alpha value is -0.970. The van der Waals surface area contributed by atoms with E-state index in [1.807, 2.05) is 0 Å². The normalized spacial score (nSPS) is 15.1. The van der Waals surface area contributed by atoms with Gasteiger partial charge in [0, 0.05) is 0 Å². The molecule has 0 aliphatic rings. The lowest BCUT2D eigenvalue weighted by molar-refractivity contribution is -0.116. The van der Waals surface area contributed by atoms with Crippen molar-refractivity contribution < 1.29 is 30.7 Å². The Labute approximate surface area is 99.2 Å². The molecule has 8 nitrogen and oxygen atoms in total. The van der Waals surface area contributed by atoms with Gasteiger partial charge in [-0.1, -0.05) is 6.58 Å².